The molecule has 0 spiro atoms. The SMILES string of the molecule is CCCNC(=O)[C@H](Cc1ccccc1)N(Cc1ccc(Cl)cc1Cl)C(=O)CN(c1ccccc1C)S(C)(=O)=O. The second-order valence-electron chi connectivity index (χ2n) is 9.31. The molecule has 0 aliphatic carbocycles. The van der Waals surface area contributed by atoms with E-state index >= 15 is 0 Å². The van der Waals surface area contributed by atoms with Crippen molar-refractivity contribution in [1.82, 2.24) is 10.2 Å². The lowest BCUT2D eigenvalue weighted by atomic mass is 10.0. The van der Waals surface area contributed by atoms with E-state index in [0.29, 0.717) is 33.4 Å². The zero-order valence-electron chi connectivity index (χ0n) is 22.2. The van der Waals surface area contributed by atoms with E-state index in [2.05, 4.69) is 5.32 Å². The number of nitrogens with one attached hydrogen (secondary N) is 1. The van der Waals surface area contributed by atoms with Crippen LogP contribution in [0.5, 0.6) is 0 Å². The largest absolute Gasteiger partial charge is 0.354 e. The van der Waals surface area contributed by atoms with Crippen LogP contribution in [0, 0.1) is 6.92 Å². The van der Waals surface area contributed by atoms with Crippen molar-refractivity contribution in [3.8, 4) is 0 Å². The van der Waals surface area contributed by atoms with Crippen LogP contribution >= 0.6 is 23.2 Å². The standard InChI is InChI=1S/C29H33Cl2N3O4S/c1-4-16-32-29(36)27(17-22-11-6-5-7-12-22)33(19-23-14-15-24(30)18-25(23)31)28(35)20-34(39(3,37)38)26-13-9-8-10-21(26)2/h5-15,18,27H,4,16-17,19-20H2,1-3H3,(H,32,36)/t27-/m0/s1. The van der Waals surface area contributed by atoms with Gasteiger partial charge < -0.3 is 10.2 Å². The molecular weight excluding hydrogens is 557 g/mol. The third-order valence-electron chi connectivity index (χ3n) is 6.24. The average Bonchev–Trinajstić information content (AvgIpc) is 2.89. The molecule has 0 radical (unpaired) electrons. The van der Waals surface area contributed by atoms with Crippen LogP contribution in [0.3, 0.4) is 0 Å². The second kappa shape index (κ2) is 13.8. The highest BCUT2D eigenvalue weighted by Gasteiger charge is 2.33. The van der Waals surface area contributed by atoms with Gasteiger partial charge in [0, 0.05) is 29.6 Å². The molecule has 0 aliphatic rings. The fraction of sp³-hybridized carbons (Fsp3) is 0.310. The summed E-state index contributed by atoms with van der Waals surface area (Å²) in [5, 5.41) is 3.68. The molecule has 3 aromatic carbocycles. The second-order valence-corrected chi connectivity index (χ2v) is 12.1. The van der Waals surface area contributed by atoms with Crippen molar-refractivity contribution in [2.45, 2.75) is 39.3 Å². The van der Waals surface area contributed by atoms with Crippen molar-refractivity contribution >= 4 is 50.7 Å². The van der Waals surface area contributed by atoms with E-state index in [9.17, 15) is 18.0 Å². The number of carbonyl (C=O) groups is 2. The Hall–Kier alpha value is -3.07. The molecule has 2 amide bonds. The first-order valence-electron chi connectivity index (χ1n) is 12.6. The van der Waals surface area contributed by atoms with Crippen LogP contribution in [-0.4, -0.2) is 50.5 Å². The molecule has 0 aliphatic heterocycles. The highest BCUT2D eigenvalue weighted by Crippen LogP contribution is 2.26. The molecule has 7 nitrogen and oxygen atoms in total. The molecule has 0 unspecified atom stereocenters. The van der Waals surface area contributed by atoms with Gasteiger partial charge in [-0.05, 0) is 48.2 Å². The fourth-order valence-corrected chi connectivity index (χ4v) is 5.57. The Morgan fingerprint density at radius 2 is 1.64 bits per heavy atom. The summed E-state index contributed by atoms with van der Waals surface area (Å²) in [6, 6.07) is 20.3. The van der Waals surface area contributed by atoms with E-state index in [-0.39, 0.29) is 18.9 Å². The van der Waals surface area contributed by atoms with Gasteiger partial charge in [0.25, 0.3) is 0 Å². The normalized spacial score (nSPS) is 12.0. The number of sulfonamides is 1. The van der Waals surface area contributed by atoms with E-state index in [1.54, 1.807) is 49.4 Å². The van der Waals surface area contributed by atoms with Gasteiger partial charge in [0.15, 0.2) is 0 Å². The summed E-state index contributed by atoms with van der Waals surface area (Å²) in [6.45, 7) is 3.65. The van der Waals surface area contributed by atoms with Gasteiger partial charge in [0.2, 0.25) is 21.8 Å². The van der Waals surface area contributed by atoms with E-state index in [0.717, 1.165) is 22.5 Å². The molecule has 39 heavy (non-hydrogen) atoms. The Kier molecular flexibility index (Phi) is 10.8. The summed E-state index contributed by atoms with van der Waals surface area (Å²) in [5.74, 6) is -0.872. The summed E-state index contributed by atoms with van der Waals surface area (Å²) in [6.07, 6.45) is 2.01. The van der Waals surface area contributed by atoms with Gasteiger partial charge in [-0.3, -0.25) is 13.9 Å². The minimum absolute atomic E-state index is 0.0166. The molecule has 0 aromatic heterocycles. The van der Waals surface area contributed by atoms with Crippen molar-refractivity contribution in [3.63, 3.8) is 0 Å². The maximum atomic E-state index is 14.0. The summed E-state index contributed by atoms with van der Waals surface area (Å²) in [5.41, 5.74) is 2.53. The van der Waals surface area contributed by atoms with Gasteiger partial charge in [-0.15, -0.1) is 0 Å². The smallest absolute Gasteiger partial charge is 0.244 e. The summed E-state index contributed by atoms with van der Waals surface area (Å²) < 4.78 is 26.8. The summed E-state index contributed by atoms with van der Waals surface area (Å²) >= 11 is 12.6. The van der Waals surface area contributed by atoms with Crippen molar-refractivity contribution < 1.29 is 18.0 Å². The maximum Gasteiger partial charge on any atom is 0.244 e. The first-order chi connectivity index (χ1) is 18.5. The number of nitrogens with zero attached hydrogens (tertiary/aromatic N) is 2. The zero-order valence-corrected chi connectivity index (χ0v) is 24.6. The molecule has 208 valence electrons. The molecule has 0 bridgehead atoms. The van der Waals surface area contributed by atoms with Gasteiger partial charge in [-0.1, -0.05) is 84.7 Å². The fourth-order valence-electron chi connectivity index (χ4n) is 4.19. The number of amides is 2. The number of carbonyl (C=O) groups excluding carboxylic acids is 2. The monoisotopic (exact) mass is 589 g/mol. The summed E-state index contributed by atoms with van der Waals surface area (Å²) in [7, 11) is -3.83. The average molecular weight is 591 g/mol. The molecule has 0 fully saturated rings. The Morgan fingerprint density at radius 3 is 2.26 bits per heavy atom. The number of hydrogen-bond acceptors (Lipinski definition) is 4. The van der Waals surface area contributed by atoms with Gasteiger partial charge in [-0.25, -0.2) is 8.42 Å². The minimum Gasteiger partial charge on any atom is -0.354 e. The van der Waals surface area contributed by atoms with Crippen LogP contribution in [0.15, 0.2) is 72.8 Å². The molecule has 0 saturated heterocycles. The lowest BCUT2D eigenvalue weighted by Gasteiger charge is -2.34. The van der Waals surface area contributed by atoms with Gasteiger partial charge in [0.05, 0.1) is 11.9 Å². The maximum absolute atomic E-state index is 14.0. The molecular formula is C29H33Cl2N3O4S. The number of hydrogen-bond donors (Lipinski definition) is 1. The predicted molar refractivity (Wildman–Crippen MR) is 158 cm³/mol. The quantitative estimate of drug-likeness (QED) is 0.313. The van der Waals surface area contributed by atoms with Crippen molar-refractivity contribution in [2.75, 3.05) is 23.7 Å². The van der Waals surface area contributed by atoms with Gasteiger partial charge in [-0.2, -0.15) is 0 Å². The molecule has 10 heteroatoms. The number of aryl methyl sites for hydroxylation is 1. The topological polar surface area (TPSA) is 86.8 Å². The van der Waals surface area contributed by atoms with E-state index in [1.807, 2.05) is 37.3 Å². The number of halogens is 2. The minimum atomic E-state index is -3.83. The molecule has 1 N–H and O–H groups in total. The van der Waals surface area contributed by atoms with Crippen LogP contribution in [-0.2, 0) is 32.6 Å². The third-order valence-corrected chi connectivity index (χ3v) is 7.95. The summed E-state index contributed by atoms with van der Waals surface area (Å²) in [4.78, 5) is 29.0. The zero-order chi connectivity index (χ0) is 28.6. The van der Waals surface area contributed by atoms with Crippen LogP contribution in [0.2, 0.25) is 10.0 Å². The molecule has 0 saturated carbocycles. The number of para-hydroxylation sites is 1. The predicted octanol–water partition coefficient (Wildman–Crippen LogP) is 5.23. The van der Waals surface area contributed by atoms with Crippen LogP contribution in [0.4, 0.5) is 5.69 Å². The molecule has 3 rings (SSSR count). The highest BCUT2D eigenvalue weighted by atomic mass is 35.5. The Balaban J connectivity index is 2.08. The Morgan fingerprint density at radius 1 is 0.974 bits per heavy atom. The van der Waals surface area contributed by atoms with Crippen molar-refractivity contribution in [2.24, 2.45) is 0 Å². The van der Waals surface area contributed by atoms with Crippen molar-refractivity contribution in [1.29, 1.82) is 0 Å². The van der Waals surface area contributed by atoms with Crippen molar-refractivity contribution in [3.05, 3.63) is 99.5 Å². The molecule has 3 aromatic rings. The van der Waals surface area contributed by atoms with E-state index in [1.165, 1.54) is 4.90 Å². The van der Waals surface area contributed by atoms with Crippen LogP contribution < -0.4 is 9.62 Å². The van der Waals surface area contributed by atoms with Gasteiger partial charge >= 0.3 is 0 Å². The molecule has 0 heterocycles. The molecule has 1 atom stereocenters. The lowest BCUT2D eigenvalue weighted by molar-refractivity contribution is -0.140. The first-order valence-corrected chi connectivity index (χ1v) is 15.2. The van der Waals surface area contributed by atoms with E-state index < -0.39 is 28.5 Å². The lowest BCUT2D eigenvalue weighted by Crippen LogP contribution is -2.53. The van der Waals surface area contributed by atoms with Crippen LogP contribution in [0.25, 0.3) is 0 Å². The number of benzene rings is 3. The number of anilines is 1. The van der Waals surface area contributed by atoms with E-state index in [4.69, 9.17) is 23.2 Å². The van der Waals surface area contributed by atoms with Crippen LogP contribution in [0.1, 0.15) is 30.0 Å². The van der Waals surface area contributed by atoms with Gasteiger partial charge in [0.1, 0.15) is 12.6 Å². The Labute approximate surface area is 240 Å². The third kappa shape index (κ3) is 8.46. The highest BCUT2D eigenvalue weighted by molar-refractivity contribution is 7.92. The Bertz CT molecular complexity index is 1400. The first kappa shape index (κ1) is 30.5. The number of rotatable bonds is 12.